The van der Waals surface area contributed by atoms with Gasteiger partial charge in [0, 0.05) is 47.0 Å². The summed E-state index contributed by atoms with van der Waals surface area (Å²) in [5.74, 6) is 0. The number of H-pyrrole nitrogens is 4. The number of hydrogen-bond donors (Lipinski definition) is 24. The van der Waals surface area contributed by atoms with Crippen LogP contribution in [0, 0.1) is 46.5 Å². The lowest BCUT2D eigenvalue weighted by Gasteiger charge is -2.19. The molecule has 12 unspecified atom stereocenters. The van der Waals surface area contributed by atoms with Crippen molar-refractivity contribution in [2.75, 3.05) is 26.4 Å². The molecule has 60 nitrogen and oxygen atoms in total. The van der Waals surface area contributed by atoms with Crippen LogP contribution in [0.3, 0.4) is 0 Å². The molecule has 688 valence electrons. The largest absolute Gasteiger partial charge is 0.490 e. The number of phosphoric acid groups is 12. The van der Waals surface area contributed by atoms with E-state index < -0.39 is 240 Å². The summed E-state index contributed by atoms with van der Waals surface area (Å²) in [5, 5.41) is 38.7. The molecule has 8 heterocycles. The van der Waals surface area contributed by atoms with Crippen LogP contribution in [0.1, 0.15) is 47.2 Å². The van der Waals surface area contributed by atoms with Crippen molar-refractivity contribution in [3.63, 3.8) is 0 Å². The van der Waals surface area contributed by atoms with Gasteiger partial charge in [-0.1, -0.05) is 24.4 Å². The third-order valence-corrected chi connectivity index (χ3v) is 31.3. The zero-order valence-electron chi connectivity index (χ0n) is 58.7. The van der Waals surface area contributed by atoms with Crippen molar-refractivity contribution in [1.82, 2.24) is 38.2 Å². The highest BCUT2D eigenvalue weighted by Gasteiger charge is 2.53. The quantitative estimate of drug-likeness (QED) is 0.0183. The van der Waals surface area contributed by atoms with Gasteiger partial charge in [-0.15, -0.1) is 11.6 Å². The summed E-state index contributed by atoms with van der Waals surface area (Å²) in [7, 11) is -67.0. The van der Waals surface area contributed by atoms with Crippen molar-refractivity contribution >= 4 is 154 Å². The third-order valence-electron chi connectivity index (χ3n) is 14.1. The van der Waals surface area contributed by atoms with E-state index in [0.717, 1.165) is 36.9 Å². The molecule has 0 aliphatic carbocycles. The smallest absolute Gasteiger partial charge is 0.389 e. The second-order valence-corrected chi connectivity index (χ2v) is 43.2. The van der Waals surface area contributed by atoms with Gasteiger partial charge in [-0.2, -0.15) is 34.5 Å². The van der Waals surface area contributed by atoms with Gasteiger partial charge in [-0.3, -0.25) is 60.9 Å². The average molecular weight is 2080 g/mol. The van der Waals surface area contributed by atoms with E-state index >= 15 is 0 Å². The topological polar surface area (TPSA) is 908 Å². The van der Waals surface area contributed by atoms with Crippen LogP contribution in [-0.4, -0.2) is 236 Å². The van der Waals surface area contributed by atoms with E-state index in [-0.39, 0.29) is 25.3 Å². The van der Waals surface area contributed by atoms with Gasteiger partial charge >= 0.3 is 105 Å². The van der Waals surface area contributed by atoms with E-state index in [1.807, 2.05) is 4.98 Å². The van der Waals surface area contributed by atoms with Crippen LogP contribution >= 0.6 is 154 Å². The Hall–Kier alpha value is -2.20. The summed E-state index contributed by atoms with van der Waals surface area (Å²) in [5.41, 5.74) is -1.81. The number of phosphoric ester groups is 4. The van der Waals surface area contributed by atoms with Crippen LogP contribution < -0.4 is 22.5 Å². The van der Waals surface area contributed by atoms with Crippen molar-refractivity contribution in [3.8, 4) is 0 Å². The Bertz CT molecular complexity index is 4880. The number of rotatable bonds is 32. The molecule has 0 bridgehead atoms. The number of halogens is 4. The number of aliphatic hydroxyl groups excluding tert-OH is 4. The summed E-state index contributed by atoms with van der Waals surface area (Å²) in [6.07, 6.45) is -21.2. The number of hydrogen-bond acceptors (Lipinski definition) is 40. The van der Waals surface area contributed by atoms with Crippen LogP contribution in [0.15, 0.2) is 44.0 Å². The van der Waals surface area contributed by atoms with E-state index in [9.17, 15) is 127 Å². The number of nitrogens with zero attached hydrogens (tertiary/aromatic N) is 4. The molecule has 4 aromatic rings. The molecule has 4 aliphatic heterocycles. The van der Waals surface area contributed by atoms with Crippen LogP contribution in [0.2, 0.25) is 0 Å². The highest BCUT2D eigenvalue weighted by molar-refractivity contribution is 7.72. The Labute approximate surface area is 686 Å². The summed E-state index contributed by atoms with van der Waals surface area (Å²) in [6.45, 7) is 1.77. The zero-order chi connectivity index (χ0) is 92.3. The molecule has 4 aromatic heterocycles. The Kier molecular flexibility index (Phi) is 37.6. The van der Waals surface area contributed by atoms with Gasteiger partial charge in [-0.05, 0) is 52.1 Å². The fourth-order valence-corrected chi connectivity index (χ4v) is 22.6. The standard InChI is InChI=1S/C10H16ClN2O14P3.2C10H16FN2O13P3S.C10H16FN2O12P3S2/c1-4-2-13(10(16)12-8(4)15)9-6(11)7(14)5(25-9)3-24-29(20,21)27-30(22,23)26-28(17,18)19;1-4-2-13(10(15)12-8(4)30)9-6(11)7(14)5(24-9)3-23-28(19,20)26-29(21,22)25-27(16,17)18;1-4-2-13(10(30)12-8(4)15)9-6(11)7(14)5(24-9)3-23-28(19,20)26-29(21,22)25-27(16,17)18;1-4-2-13(10(30)12-8(4)29)9-6(11)7(14)5(23-9)3-22-27(18,19)25-28(20,21)24-26(15,16)17/h2,5-7,9,14H,3H2,1H3,(H,20,21)(H,22,23)(H,12,15,16)(H2,17,18,19);2*2,5-7,9,14H,3H2,1H3,(H,19,20)(H,21,22)(H,12,15,30)(H2,16,17,18);2,5-7,9,14H,3H2,1H3,(H,18,19)(H,20,21)(H,12,29,30)(H2,15,16,17)/t4*5-,6+,7?,9-/m0000/s1. The monoisotopic (exact) mass is 2080 g/mol. The molecule has 0 amide bonds. The molecular formula is C40H64ClF3N8O52P12S4. The molecule has 0 aromatic carbocycles. The Morgan fingerprint density at radius 2 is 0.583 bits per heavy atom. The first-order chi connectivity index (χ1) is 54.0. The van der Waals surface area contributed by atoms with E-state index in [1.165, 1.54) is 27.0 Å². The van der Waals surface area contributed by atoms with Gasteiger partial charge in [0.2, 0.25) is 0 Å². The summed E-state index contributed by atoms with van der Waals surface area (Å²) >= 11 is 25.8. The molecule has 4 saturated heterocycles. The molecule has 24 N–H and O–H groups in total. The fourth-order valence-electron chi connectivity index (χ4n) is 9.25. The number of aromatic nitrogens is 8. The zero-order valence-corrected chi connectivity index (χ0v) is 73.4. The van der Waals surface area contributed by atoms with Gasteiger partial charge in [0.05, 0.1) is 26.4 Å². The molecule has 4 fully saturated rings. The molecule has 120 heavy (non-hydrogen) atoms. The lowest BCUT2D eigenvalue weighted by atomic mass is 10.1. The Balaban J connectivity index is 0.000000285. The van der Waals surface area contributed by atoms with Gasteiger partial charge in [0.15, 0.2) is 53.0 Å². The maximum absolute atomic E-state index is 14.5. The minimum atomic E-state index is -5.74. The highest BCUT2D eigenvalue weighted by Crippen LogP contribution is 2.70. The Morgan fingerprint density at radius 3 is 0.900 bits per heavy atom. The van der Waals surface area contributed by atoms with E-state index in [4.69, 9.17) is 138 Å². The number of aryl methyl sites for hydroxylation is 4. The molecular weight excluding hydrogens is 2020 g/mol. The van der Waals surface area contributed by atoms with Gasteiger partial charge in [0.1, 0.15) is 63.5 Å². The first-order valence-electron chi connectivity index (χ1n) is 30.4. The van der Waals surface area contributed by atoms with Crippen molar-refractivity contribution in [2.24, 2.45) is 0 Å². The number of nitrogens with one attached hydrogen (secondary N) is 4. The van der Waals surface area contributed by atoms with E-state index in [2.05, 4.69) is 67.5 Å². The first-order valence-corrected chi connectivity index (χ1v) is 50.5. The molecule has 24 atom stereocenters. The number of alkyl halides is 4. The molecule has 4 aliphatic rings. The van der Waals surface area contributed by atoms with Gasteiger partial charge in [0.25, 0.3) is 11.1 Å². The van der Waals surface area contributed by atoms with Crippen molar-refractivity contribution in [3.05, 3.63) is 108 Å². The molecule has 0 radical (unpaired) electrons. The van der Waals surface area contributed by atoms with E-state index in [0.29, 0.717) is 15.8 Å². The molecule has 8 rings (SSSR count). The predicted molar refractivity (Wildman–Crippen MR) is 386 cm³/mol. The van der Waals surface area contributed by atoms with Crippen LogP contribution in [0.5, 0.6) is 0 Å². The highest BCUT2D eigenvalue weighted by atomic mass is 35.5. The Morgan fingerprint density at radius 1 is 0.350 bits per heavy atom. The summed E-state index contributed by atoms with van der Waals surface area (Å²) < 4.78 is 248. The fraction of sp³-hybridized carbons (Fsp3) is 0.600. The first kappa shape index (κ1) is 108. The minimum absolute atomic E-state index is 0.0287. The minimum Gasteiger partial charge on any atom is -0.389 e. The number of aliphatic hydroxyl groups is 4. The summed E-state index contributed by atoms with van der Waals surface area (Å²) in [6, 6.07) is 0. The SMILES string of the molecule is Cc1cn([C@H]2O[C@@H](COP(=O)(O)OP(=O)(O)OP(=O)(O)O)C(O)[C@H]2Cl)c(=O)[nH]c1=O.Cc1cn([C@H]2O[C@@H](COP(=O)(O)OP(=O)(O)OP(=O)(O)O)C(O)[C@H]2F)c(=O)[nH]c1=S.Cc1cn([C@H]2O[C@@H](COP(=O)(O)OP(=O)(O)OP(=O)(O)O)C(O)[C@H]2F)c(=S)[nH]c1=O.Cc1cn([C@H]2O[C@@H](COP(=O)(O)OP(=O)(O)OP(=O)(O)O)C(O)[C@H]2F)c(=S)[nH]c1=S. The van der Waals surface area contributed by atoms with Gasteiger partial charge in [-0.25, -0.2) is 77.5 Å². The molecule has 0 saturated carbocycles. The number of aromatic amines is 4. The van der Waals surface area contributed by atoms with E-state index in [1.54, 1.807) is 6.92 Å². The second-order valence-electron chi connectivity index (χ2n) is 23.5. The van der Waals surface area contributed by atoms with Crippen molar-refractivity contribution in [2.45, 2.75) is 125 Å². The normalized spacial score (nSPS) is 28.8. The molecule has 80 heteroatoms. The second kappa shape index (κ2) is 41.7. The third kappa shape index (κ3) is 33.4. The van der Waals surface area contributed by atoms with Gasteiger partial charge < -0.3 is 123 Å². The van der Waals surface area contributed by atoms with Crippen LogP contribution in [0.4, 0.5) is 13.2 Å². The lowest BCUT2D eigenvalue weighted by molar-refractivity contribution is -0.0483. The van der Waals surface area contributed by atoms with Crippen LogP contribution in [-0.2, 0) is 126 Å². The summed E-state index contributed by atoms with van der Waals surface area (Å²) in [4.78, 5) is 198. The van der Waals surface area contributed by atoms with Crippen molar-refractivity contribution < 1.29 is 238 Å². The van der Waals surface area contributed by atoms with Crippen molar-refractivity contribution in [1.29, 1.82) is 0 Å². The average Bonchev–Trinajstić information content (AvgIpc) is 1.65. The van der Waals surface area contributed by atoms with Crippen LogP contribution in [0.25, 0.3) is 0 Å². The maximum atomic E-state index is 14.5. The number of ether oxygens (including phenoxy) is 4. The predicted octanol–water partition coefficient (Wildman–Crippen LogP) is 0.885. The lowest BCUT2D eigenvalue weighted by Crippen LogP contribution is -2.36. The molecule has 0 spiro atoms. The maximum Gasteiger partial charge on any atom is 0.490 e.